The summed E-state index contributed by atoms with van der Waals surface area (Å²) in [5.41, 5.74) is 24.7. The Morgan fingerprint density at radius 2 is 0.436 bits per heavy atom. The van der Waals surface area contributed by atoms with Crippen LogP contribution in [0, 0.1) is 13.8 Å². The summed E-state index contributed by atoms with van der Waals surface area (Å²) in [5.74, 6) is 0. The van der Waals surface area contributed by atoms with Crippen LogP contribution in [0.3, 0.4) is 0 Å². The molecule has 2 nitrogen and oxygen atoms in total. The van der Waals surface area contributed by atoms with Gasteiger partial charge < -0.3 is 19.4 Å². The van der Waals surface area contributed by atoms with Gasteiger partial charge in [0.05, 0.1) is 0 Å². The third kappa shape index (κ3) is 51.2. The van der Waals surface area contributed by atoms with Crippen molar-refractivity contribution in [2.24, 2.45) is 0 Å². The molecule has 3 heteroatoms. The van der Waals surface area contributed by atoms with Crippen LogP contribution in [0.4, 0.5) is 0 Å². The quantitative estimate of drug-likeness (QED) is 0.0273. The average Bonchev–Trinajstić information content (AvgIpc) is 1.66. The molecule has 0 aliphatic carbocycles. The number of hydrogen-bond donors (Lipinski definition) is 0. The number of hydrogen-bond acceptors (Lipinski definition) is 0. The van der Waals surface area contributed by atoms with Crippen LogP contribution >= 0.6 is 0 Å². The summed E-state index contributed by atoms with van der Waals surface area (Å²) >= 11 is 0. The Balaban J connectivity index is 0.00000144. The minimum absolute atomic E-state index is 0. The Labute approximate surface area is 601 Å². The van der Waals surface area contributed by atoms with Crippen molar-refractivity contribution in [1.82, 2.24) is 0 Å². The molecule has 94 heavy (non-hydrogen) atoms. The molecule has 1 aliphatic rings. The summed E-state index contributed by atoms with van der Waals surface area (Å²) < 4.78 is 1.57. The molecule has 2 aromatic rings. The molecule has 0 saturated heterocycles. The fourth-order valence-electron chi connectivity index (χ4n) is 14.2. The van der Waals surface area contributed by atoms with E-state index >= 15 is 0 Å². The second kappa shape index (κ2) is 70.9. The van der Waals surface area contributed by atoms with Gasteiger partial charge in [0.25, 0.3) is 0 Å². The zero-order valence-electron chi connectivity index (χ0n) is 65.1. The average molecular weight is 1350 g/mol. The molecule has 1 aliphatic heterocycles. The van der Waals surface area contributed by atoms with Gasteiger partial charge in [0.1, 0.15) is 0 Å². The van der Waals surface area contributed by atoms with E-state index < -0.39 is 0 Å². The van der Waals surface area contributed by atoms with Gasteiger partial charge in [-0.1, -0.05) is 401 Å². The molecule has 0 aromatic heterocycles. The molecular weight excluding hydrogens is 1180 g/mol. The van der Waals surface area contributed by atoms with Gasteiger partial charge in [-0.05, 0) is 118 Å². The van der Waals surface area contributed by atoms with Crippen molar-refractivity contribution < 1.29 is 21.2 Å². The molecule has 0 amide bonds. The first-order valence-corrected chi connectivity index (χ1v) is 42.6. The number of unbranched alkanes of at least 4 members (excludes halogenated alkanes) is 53. The Bertz CT molecular complexity index is 1910. The summed E-state index contributed by atoms with van der Waals surface area (Å²) in [5, 5.41) is 0. The molecule has 0 saturated carbocycles. The molecule has 0 atom stereocenters. The van der Waals surface area contributed by atoms with Crippen LogP contribution in [-0.4, -0.2) is 4.70 Å². The van der Waals surface area contributed by atoms with Crippen molar-refractivity contribution in [3.63, 3.8) is 0 Å². The molecular formula is C91H164N2Ni. The van der Waals surface area contributed by atoms with Gasteiger partial charge in [-0.25, -0.2) is 4.70 Å². The first-order chi connectivity index (χ1) is 45.8. The van der Waals surface area contributed by atoms with E-state index in [4.69, 9.17) is 0 Å². The van der Waals surface area contributed by atoms with E-state index in [0.717, 1.165) is 69.2 Å². The van der Waals surface area contributed by atoms with Crippen LogP contribution in [0.15, 0.2) is 47.5 Å². The van der Waals surface area contributed by atoms with Gasteiger partial charge >= 0.3 is 16.5 Å². The number of allylic oxidation sites excluding steroid dienone is 2. The fourth-order valence-corrected chi connectivity index (χ4v) is 14.2. The summed E-state index contributed by atoms with van der Waals surface area (Å²) in [6.07, 6.45) is 89.6. The van der Waals surface area contributed by atoms with Gasteiger partial charge in [-0.2, -0.15) is 12.8 Å². The Morgan fingerprint density at radius 3 is 0.670 bits per heavy atom. The third-order valence-electron chi connectivity index (χ3n) is 20.4. The number of nitrogens with zero attached hydrogens (tertiary/aromatic N) is 2. The molecule has 1 heterocycles. The third-order valence-corrected chi connectivity index (χ3v) is 20.4. The minimum Gasteiger partial charge on any atom is -0.493 e. The first kappa shape index (κ1) is 92.0. The van der Waals surface area contributed by atoms with Crippen LogP contribution in [0.1, 0.15) is 480 Å². The van der Waals surface area contributed by atoms with E-state index in [-0.39, 0.29) is 16.5 Å². The fraction of sp³-hybridized carbons (Fsp3) is 0.802. The largest absolute Gasteiger partial charge is 2.00 e. The first-order valence-electron chi connectivity index (χ1n) is 42.6. The molecule has 0 bridgehead atoms. The number of aryl methyl sites for hydroxylation is 4. The van der Waals surface area contributed by atoms with Crippen molar-refractivity contribution in [1.29, 1.82) is 0 Å². The summed E-state index contributed by atoms with van der Waals surface area (Å²) in [4.78, 5) is 0. The molecule has 3 rings (SSSR count). The van der Waals surface area contributed by atoms with E-state index in [1.165, 1.54) is 404 Å². The van der Waals surface area contributed by atoms with Crippen molar-refractivity contribution in [3.05, 3.63) is 100 Å². The molecule has 0 N–H and O–H groups in total. The zero-order chi connectivity index (χ0) is 67.6. The molecule has 0 radical (unpaired) electrons. The topological polar surface area (TPSA) is 25.3 Å². The molecule has 0 spiro atoms. The normalized spacial score (nSPS) is 12.2. The molecule has 548 valence electrons. The maximum Gasteiger partial charge on any atom is 2.00 e. The zero-order valence-corrected chi connectivity index (χ0v) is 66.0. The van der Waals surface area contributed by atoms with Crippen LogP contribution in [0.5, 0.6) is 0 Å². The van der Waals surface area contributed by atoms with Crippen LogP contribution in [-0.2, 0) is 42.2 Å². The van der Waals surface area contributed by atoms with Gasteiger partial charge in [0.2, 0.25) is 11.4 Å². The SMILES string of the molecule is CCCCCc1cc(CCCC)cc(C2=C(C)C(CCCC)=C(c3cc(CCCC)cc(CCCCC)c3)[N+]2=[N-])c1.[CH2-]CCCCCCCCCCCCCCCCCCCCCCCCC.[CH2-]CCCCCCCCCCCCCCCCCCCCCCCCC.[Ni+2]. The number of benzene rings is 2. The maximum atomic E-state index is 12.1. The summed E-state index contributed by atoms with van der Waals surface area (Å²) in [7, 11) is 0. The van der Waals surface area contributed by atoms with E-state index in [2.05, 4.69) is 106 Å². The summed E-state index contributed by atoms with van der Waals surface area (Å²) in [6.45, 7) is 26.0. The van der Waals surface area contributed by atoms with Gasteiger partial charge in [-0.3, -0.25) is 0 Å². The predicted octanol–water partition coefficient (Wildman–Crippen LogP) is 32.6. The van der Waals surface area contributed by atoms with E-state index in [9.17, 15) is 5.53 Å². The number of rotatable bonds is 65. The smallest absolute Gasteiger partial charge is 0.493 e. The summed E-state index contributed by atoms with van der Waals surface area (Å²) in [6, 6.07) is 14.3. The predicted molar refractivity (Wildman–Crippen MR) is 423 cm³/mol. The van der Waals surface area contributed by atoms with Crippen molar-refractivity contribution >= 4 is 11.4 Å². The van der Waals surface area contributed by atoms with Gasteiger partial charge in [0, 0.05) is 22.3 Å². The Hall–Kier alpha value is -1.99. The van der Waals surface area contributed by atoms with Crippen LogP contribution in [0.2, 0.25) is 0 Å². The van der Waals surface area contributed by atoms with Crippen molar-refractivity contribution in [3.8, 4) is 0 Å². The second-order valence-electron chi connectivity index (χ2n) is 29.7. The van der Waals surface area contributed by atoms with Crippen LogP contribution in [0.25, 0.3) is 16.9 Å². The molecule has 0 unspecified atom stereocenters. The van der Waals surface area contributed by atoms with Gasteiger partial charge in [-0.15, -0.1) is 0 Å². The van der Waals surface area contributed by atoms with E-state index in [1.54, 1.807) is 4.70 Å². The monoisotopic (exact) mass is 1340 g/mol. The van der Waals surface area contributed by atoms with E-state index in [1.807, 2.05) is 0 Å². The molecule has 2 aromatic carbocycles. The van der Waals surface area contributed by atoms with E-state index in [0.29, 0.717) is 0 Å². The molecule has 0 fully saturated rings. The van der Waals surface area contributed by atoms with Crippen LogP contribution < -0.4 is 0 Å². The standard InChI is InChI=1S/C39H58N2.2C26H53.Ni/c1-7-12-17-21-33-24-31(19-14-9-3)26-35(27-33)38-30(6)37(23-16-11-5)39(41(38)40)36-28-32(20-15-10-4)25-34(29-36)22-18-13-8-2;2*1-3-5-7-9-11-13-15-17-19-21-23-25-26-24-22-20-18-16-14-12-10-8-6-4-2;/h24-29H,7-23H2,1-6H3;2*1,3-26H2,2H3;/q;2*-1;+2. The van der Waals surface area contributed by atoms with Crippen molar-refractivity contribution in [2.45, 2.75) is 473 Å². The Morgan fingerprint density at radius 1 is 0.245 bits per heavy atom. The van der Waals surface area contributed by atoms with Gasteiger partial charge in [0.15, 0.2) is 0 Å². The minimum atomic E-state index is 0. The second-order valence-corrected chi connectivity index (χ2v) is 29.7. The maximum absolute atomic E-state index is 12.1. The van der Waals surface area contributed by atoms with Crippen molar-refractivity contribution in [2.75, 3.05) is 0 Å². The Kier molecular flexibility index (Phi) is 69.4.